The Hall–Kier alpha value is -2.34. The van der Waals surface area contributed by atoms with Gasteiger partial charge in [-0.2, -0.15) is 0 Å². The van der Waals surface area contributed by atoms with Gasteiger partial charge in [-0.05, 0) is 48.5 Å². The van der Waals surface area contributed by atoms with Gasteiger partial charge in [0.25, 0.3) is 6.47 Å². The van der Waals surface area contributed by atoms with Crippen molar-refractivity contribution in [3.63, 3.8) is 0 Å². The van der Waals surface area contributed by atoms with Crippen LogP contribution in [-0.4, -0.2) is 16.7 Å². The normalized spacial score (nSPS) is 10.4. The smallest absolute Gasteiger partial charge is 1.00 e. The summed E-state index contributed by atoms with van der Waals surface area (Å²) in [6.07, 6.45) is 0. The maximum Gasteiger partial charge on any atom is 1.00 e. The number of fused-ring (bicyclic) bond motifs is 6. The summed E-state index contributed by atoms with van der Waals surface area (Å²) in [7, 11) is 0. The van der Waals surface area contributed by atoms with Crippen molar-refractivity contribution in [1.82, 2.24) is 0 Å². The summed E-state index contributed by atoms with van der Waals surface area (Å²) in [6, 6.07) is 30.4. The third kappa shape index (κ3) is 8.32. The molecule has 0 radical (unpaired) electrons. The molecular weight excluding hydrogens is 743 g/mol. The first-order valence-corrected chi connectivity index (χ1v) is 14.9. The van der Waals surface area contributed by atoms with Gasteiger partial charge in [-0.1, -0.05) is 83.9 Å². The zero-order valence-corrected chi connectivity index (χ0v) is 34.2. The summed E-state index contributed by atoms with van der Waals surface area (Å²) >= 11 is 12.0. The van der Waals surface area contributed by atoms with Crippen LogP contribution in [0.4, 0.5) is 8.78 Å². The van der Waals surface area contributed by atoms with Crippen molar-refractivity contribution in [2.75, 3.05) is 0 Å². The van der Waals surface area contributed by atoms with Crippen LogP contribution in [0, 0.1) is 11.6 Å². The standard InChI is InChI=1S/C18H11ClF2O2.C18H9ClO2.CH2O3.2K.H/c19-14-6-3-5-11(18(14)23)13-9-15(20)12(8-16(13)21)10-4-1-2-7-17(10)22;19-14-6-3-5-11-13-9-16-12(8-17(13)21-18(11)14)10-4-1-2-7-15(10)20-16;2-1-4-3;;;/h1-9,22-23H;1-9H;1,3H;;;/q;;;2*+1;-1/p-1. The van der Waals surface area contributed by atoms with Crippen molar-refractivity contribution < 1.29 is 147 Å². The van der Waals surface area contributed by atoms with E-state index in [1.807, 2.05) is 48.5 Å². The van der Waals surface area contributed by atoms with Gasteiger partial charge in [0, 0.05) is 43.8 Å². The fourth-order valence-corrected chi connectivity index (χ4v) is 5.76. The van der Waals surface area contributed by atoms with Gasteiger partial charge < -0.3 is 30.6 Å². The number of benzene rings is 6. The molecule has 0 saturated heterocycles. The molecule has 0 amide bonds. The zero-order valence-electron chi connectivity index (χ0n) is 27.4. The first-order chi connectivity index (χ1) is 23.2. The third-order valence-corrected chi connectivity index (χ3v) is 8.12. The van der Waals surface area contributed by atoms with Crippen molar-refractivity contribution in [3.8, 4) is 33.8 Å². The van der Waals surface area contributed by atoms with E-state index in [9.17, 15) is 19.0 Å². The summed E-state index contributed by atoms with van der Waals surface area (Å²) in [4.78, 5) is 11.2. The second-order valence-corrected chi connectivity index (χ2v) is 11.1. The Morgan fingerprint density at radius 1 is 0.620 bits per heavy atom. The Labute approximate surface area is 379 Å². The summed E-state index contributed by atoms with van der Waals surface area (Å²) in [5.74, 6) is -1.92. The third-order valence-electron chi connectivity index (χ3n) is 7.52. The van der Waals surface area contributed by atoms with Gasteiger partial charge in [-0.3, -0.25) is 4.79 Å². The van der Waals surface area contributed by atoms with Crippen LogP contribution in [-0.2, 0) is 9.68 Å². The predicted molar refractivity (Wildman–Crippen MR) is 180 cm³/mol. The molecule has 0 spiro atoms. The van der Waals surface area contributed by atoms with Crippen molar-refractivity contribution in [2.24, 2.45) is 0 Å². The molecule has 0 unspecified atom stereocenters. The number of carbonyl (C=O) groups is 1. The fraction of sp³-hybridized carbons (Fsp3) is 0. The number of carbonyl (C=O) groups excluding carboxylic acids is 1. The molecule has 0 aliphatic carbocycles. The van der Waals surface area contributed by atoms with Crippen LogP contribution in [0.25, 0.3) is 66.1 Å². The van der Waals surface area contributed by atoms with E-state index in [1.165, 1.54) is 30.3 Å². The Bertz CT molecular complexity index is 2470. The molecule has 0 bridgehead atoms. The van der Waals surface area contributed by atoms with Gasteiger partial charge in [0.05, 0.1) is 10.0 Å². The van der Waals surface area contributed by atoms with Crippen LogP contribution in [0.1, 0.15) is 1.43 Å². The van der Waals surface area contributed by atoms with E-state index in [1.54, 1.807) is 12.1 Å². The van der Waals surface area contributed by atoms with Gasteiger partial charge in [-0.25, -0.2) is 8.78 Å². The number of phenols is 2. The van der Waals surface area contributed by atoms with Gasteiger partial charge in [0.1, 0.15) is 39.9 Å². The van der Waals surface area contributed by atoms with Crippen LogP contribution in [0.15, 0.2) is 118 Å². The molecule has 0 aliphatic rings. The molecule has 2 heterocycles. The zero-order chi connectivity index (χ0) is 33.9. The topological polar surface area (TPSA) is 116 Å². The van der Waals surface area contributed by atoms with Gasteiger partial charge in [0.15, 0.2) is 5.58 Å². The molecule has 7 nitrogen and oxygen atoms in total. The van der Waals surface area contributed by atoms with Crippen LogP contribution in [0.3, 0.4) is 0 Å². The van der Waals surface area contributed by atoms with E-state index in [-0.39, 0.29) is 149 Å². The number of halogens is 4. The van der Waals surface area contributed by atoms with Crippen LogP contribution >= 0.6 is 23.2 Å². The molecule has 0 aliphatic heterocycles. The molecule has 2 N–H and O–H groups in total. The Kier molecular flexibility index (Phi) is 14.5. The Morgan fingerprint density at radius 3 is 1.82 bits per heavy atom. The Balaban J connectivity index is 0.000000237. The fourth-order valence-electron chi connectivity index (χ4n) is 5.37. The van der Waals surface area contributed by atoms with E-state index >= 15 is 0 Å². The maximum atomic E-state index is 14.4. The number of hydrogen-bond donors (Lipinski definition) is 2. The van der Waals surface area contributed by atoms with Gasteiger partial charge in [0.2, 0.25) is 0 Å². The average molecular weight is 766 g/mol. The first-order valence-electron chi connectivity index (χ1n) is 14.1. The predicted octanol–water partition coefficient (Wildman–Crippen LogP) is 4.06. The SMILES string of the molecule is Clc1cccc2c1oc1cc3c(cc12)oc1ccccc13.O=CO[O-].Oc1ccccc1-c1cc(F)c(-c2cccc(Cl)c2O)cc1F.[H-].[K+].[K+]. The van der Waals surface area contributed by atoms with Gasteiger partial charge >= 0.3 is 103 Å². The van der Waals surface area contributed by atoms with E-state index in [4.69, 9.17) is 42.1 Å². The van der Waals surface area contributed by atoms with Crippen molar-refractivity contribution in [2.45, 2.75) is 0 Å². The number of para-hydroxylation sites is 4. The number of hydrogen-bond acceptors (Lipinski definition) is 7. The minimum Gasteiger partial charge on any atom is -1.00 e. The molecule has 6 aromatic carbocycles. The molecular formula is C37H22Cl2F2K2O7. The summed E-state index contributed by atoms with van der Waals surface area (Å²) in [5.41, 5.74) is 3.42. The first kappa shape index (κ1) is 40.4. The summed E-state index contributed by atoms with van der Waals surface area (Å²) < 4.78 is 40.7. The monoisotopic (exact) mass is 764 g/mol. The molecule has 242 valence electrons. The largest absolute Gasteiger partial charge is 1.00 e. The Morgan fingerprint density at radius 2 is 1.14 bits per heavy atom. The van der Waals surface area contributed by atoms with Gasteiger partial charge in [-0.15, -0.1) is 0 Å². The number of furan rings is 2. The quantitative estimate of drug-likeness (QED) is 0.121. The summed E-state index contributed by atoms with van der Waals surface area (Å²) in [5, 5.41) is 33.0. The molecule has 50 heavy (non-hydrogen) atoms. The number of aromatic hydroxyl groups is 2. The molecule has 0 atom stereocenters. The molecule has 8 aromatic rings. The minimum absolute atomic E-state index is 0. The second-order valence-electron chi connectivity index (χ2n) is 10.3. The van der Waals surface area contributed by atoms with Crippen molar-refractivity contribution in [1.29, 1.82) is 0 Å². The van der Waals surface area contributed by atoms with E-state index in [0.717, 1.165) is 56.0 Å². The van der Waals surface area contributed by atoms with Crippen molar-refractivity contribution in [3.05, 3.63) is 131 Å². The van der Waals surface area contributed by atoms with E-state index < -0.39 is 11.6 Å². The van der Waals surface area contributed by atoms with Crippen LogP contribution in [0.2, 0.25) is 10.0 Å². The number of rotatable bonds is 3. The average Bonchev–Trinajstić information content (AvgIpc) is 3.65. The summed E-state index contributed by atoms with van der Waals surface area (Å²) in [6.45, 7) is -0.181. The molecule has 0 fully saturated rings. The molecule has 2 aromatic heterocycles. The maximum absolute atomic E-state index is 14.4. The molecule has 0 saturated carbocycles. The van der Waals surface area contributed by atoms with Crippen LogP contribution < -0.4 is 108 Å². The minimum atomic E-state index is -0.734. The number of phenolic OH excluding ortho intramolecular Hbond substituents is 2. The van der Waals surface area contributed by atoms with E-state index in [0.29, 0.717) is 5.02 Å². The molecule has 8 rings (SSSR count). The van der Waals surface area contributed by atoms with Crippen molar-refractivity contribution >= 4 is 73.6 Å². The second kappa shape index (κ2) is 17.9. The van der Waals surface area contributed by atoms with E-state index in [2.05, 4.69) is 11.0 Å². The molecule has 13 heteroatoms. The van der Waals surface area contributed by atoms with Crippen LogP contribution in [0.5, 0.6) is 11.5 Å².